The summed E-state index contributed by atoms with van der Waals surface area (Å²) in [6.45, 7) is 2.77. The fourth-order valence-electron chi connectivity index (χ4n) is 5.31. The molecule has 2 fully saturated rings. The van der Waals surface area contributed by atoms with E-state index in [2.05, 4.69) is 19.1 Å². The SMILES string of the molecule is CCC[C@@H]1CCC[C@@H](C2CCC(/C=C/COc3ccc(C#N)c(F)c3)CC2)C1. The second-order valence-corrected chi connectivity index (χ2v) is 8.75. The van der Waals surface area contributed by atoms with Gasteiger partial charge in [-0.25, -0.2) is 4.39 Å². The number of nitriles is 1. The Bertz CT molecular complexity index is 682. The first kappa shape index (κ1) is 20.9. The molecule has 152 valence electrons. The van der Waals surface area contributed by atoms with Crippen molar-refractivity contribution in [1.82, 2.24) is 0 Å². The van der Waals surface area contributed by atoms with Gasteiger partial charge in [0.05, 0.1) is 5.56 Å². The maximum Gasteiger partial charge on any atom is 0.144 e. The average molecular weight is 384 g/mol. The van der Waals surface area contributed by atoms with Crippen LogP contribution in [0.4, 0.5) is 4.39 Å². The Hall–Kier alpha value is -1.82. The van der Waals surface area contributed by atoms with E-state index in [1.54, 1.807) is 6.07 Å². The van der Waals surface area contributed by atoms with Crippen LogP contribution in [0.15, 0.2) is 30.4 Å². The third kappa shape index (κ3) is 5.84. The van der Waals surface area contributed by atoms with E-state index < -0.39 is 5.82 Å². The largest absolute Gasteiger partial charge is 0.489 e. The van der Waals surface area contributed by atoms with Crippen molar-refractivity contribution in [2.24, 2.45) is 23.7 Å². The number of hydrogen-bond donors (Lipinski definition) is 0. The first-order valence-electron chi connectivity index (χ1n) is 11.2. The van der Waals surface area contributed by atoms with Crippen LogP contribution >= 0.6 is 0 Å². The lowest BCUT2D eigenvalue weighted by Crippen LogP contribution is -2.26. The van der Waals surface area contributed by atoms with E-state index in [1.165, 1.54) is 76.3 Å². The molecule has 0 heterocycles. The number of ether oxygens (including phenoxy) is 1. The zero-order valence-corrected chi connectivity index (χ0v) is 17.2. The highest BCUT2D eigenvalue weighted by molar-refractivity contribution is 5.36. The molecule has 28 heavy (non-hydrogen) atoms. The summed E-state index contributed by atoms with van der Waals surface area (Å²) in [5, 5.41) is 8.76. The van der Waals surface area contributed by atoms with Crippen LogP contribution in [0.3, 0.4) is 0 Å². The molecule has 2 aliphatic carbocycles. The molecule has 1 aromatic carbocycles. The smallest absolute Gasteiger partial charge is 0.144 e. The van der Waals surface area contributed by atoms with Gasteiger partial charge in [0, 0.05) is 6.07 Å². The van der Waals surface area contributed by atoms with Gasteiger partial charge in [0.2, 0.25) is 0 Å². The van der Waals surface area contributed by atoms with Gasteiger partial charge in [-0.05, 0) is 67.9 Å². The number of halogens is 1. The molecule has 2 atom stereocenters. The van der Waals surface area contributed by atoms with Crippen molar-refractivity contribution < 1.29 is 9.13 Å². The van der Waals surface area contributed by atoms with E-state index in [4.69, 9.17) is 10.00 Å². The summed E-state index contributed by atoms with van der Waals surface area (Å²) in [7, 11) is 0. The van der Waals surface area contributed by atoms with Crippen LogP contribution in [0.1, 0.15) is 76.7 Å². The quantitative estimate of drug-likeness (QED) is 0.473. The highest BCUT2D eigenvalue weighted by atomic mass is 19.1. The maximum atomic E-state index is 13.6. The van der Waals surface area contributed by atoms with Gasteiger partial charge in [0.1, 0.15) is 24.2 Å². The van der Waals surface area contributed by atoms with Crippen LogP contribution in [0.25, 0.3) is 0 Å². The van der Waals surface area contributed by atoms with Crippen molar-refractivity contribution in [2.75, 3.05) is 6.61 Å². The Morgan fingerprint density at radius 3 is 2.68 bits per heavy atom. The number of hydrogen-bond acceptors (Lipinski definition) is 2. The van der Waals surface area contributed by atoms with Crippen molar-refractivity contribution >= 4 is 0 Å². The molecule has 0 aliphatic heterocycles. The summed E-state index contributed by atoms with van der Waals surface area (Å²) in [6.07, 6.45) is 18.3. The second-order valence-electron chi connectivity index (χ2n) is 8.75. The normalized spacial score (nSPS) is 28.2. The van der Waals surface area contributed by atoms with Crippen molar-refractivity contribution in [3.8, 4) is 11.8 Å². The van der Waals surface area contributed by atoms with E-state index in [1.807, 2.05) is 6.07 Å². The fourth-order valence-corrected chi connectivity index (χ4v) is 5.31. The van der Waals surface area contributed by atoms with E-state index in [0.717, 1.165) is 17.8 Å². The van der Waals surface area contributed by atoms with Crippen molar-refractivity contribution in [2.45, 2.75) is 71.1 Å². The van der Waals surface area contributed by atoms with Gasteiger partial charge in [0.15, 0.2) is 0 Å². The summed E-state index contributed by atoms with van der Waals surface area (Å²) >= 11 is 0. The molecule has 1 aromatic rings. The highest BCUT2D eigenvalue weighted by Gasteiger charge is 2.30. The van der Waals surface area contributed by atoms with Gasteiger partial charge in [-0.15, -0.1) is 0 Å². The number of rotatable bonds is 7. The minimum atomic E-state index is -0.522. The molecule has 0 radical (unpaired) electrons. The second kappa shape index (κ2) is 10.6. The fraction of sp³-hybridized carbons (Fsp3) is 0.640. The summed E-state index contributed by atoms with van der Waals surface area (Å²) in [5.74, 6) is 3.53. The molecule has 0 amide bonds. The van der Waals surface area contributed by atoms with Gasteiger partial charge in [-0.2, -0.15) is 5.26 Å². The Morgan fingerprint density at radius 1 is 1.14 bits per heavy atom. The first-order valence-corrected chi connectivity index (χ1v) is 11.2. The molecule has 3 heteroatoms. The van der Waals surface area contributed by atoms with E-state index in [9.17, 15) is 4.39 Å². The molecule has 0 aromatic heterocycles. The number of benzene rings is 1. The lowest BCUT2D eigenvalue weighted by molar-refractivity contribution is 0.144. The Morgan fingerprint density at radius 2 is 1.96 bits per heavy atom. The monoisotopic (exact) mass is 383 g/mol. The standard InChI is InChI=1S/C25H34FNO/c1-2-5-20-6-3-8-22(16-20)21-11-9-19(10-12-21)7-4-15-28-24-14-13-23(18-27)25(26)17-24/h4,7,13-14,17,19-22H,2-3,5-6,8-12,15-16H2,1H3/b7-4+/t19?,20-,21?,22-/m1/s1. The zero-order chi connectivity index (χ0) is 19.8. The van der Waals surface area contributed by atoms with Crippen molar-refractivity contribution in [3.05, 3.63) is 41.7 Å². The molecule has 2 nitrogen and oxygen atoms in total. The van der Waals surface area contributed by atoms with Crippen LogP contribution < -0.4 is 4.74 Å². The summed E-state index contributed by atoms with van der Waals surface area (Å²) < 4.78 is 19.2. The van der Waals surface area contributed by atoms with E-state index >= 15 is 0 Å². The summed E-state index contributed by atoms with van der Waals surface area (Å²) in [6, 6.07) is 6.22. The molecule has 0 N–H and O–H groups in total. The predicted octanol–water partition coefficient (Wildman–Crippen LogP) is 7.05. The Kier molecular flexibility index (Phi) is 7.95. The van der Waals surface area contributed by atoms with Crippen LogP contribution in [0.5, 0.6) is 5.75 Å². The van der Waals surface area contributed by atoms with Crippen molar-refractivity contribution in [1.29, 1.82) is 5.26 Å². The van der Waals surface area contributed by atoms with E-state index in [-0.39, 0.29) is 5.56 Å². The molecule has 0 saturated heterocycles. The third-order valence-electron chi connectivity index (χ3n) is 6.82. The molecular weight excluding hydrogens is 349 g/mol. The van der Waals surface area contributed by atoms with Gasteiger partial charge >= 0.3 is 0 Å². The van der Waals surface area contributed by atoms with Gasteiger partial charge in [-0.1, -0.05) is 51.2 Å². The van der Waals surface area contributed by atoms with Gasteiger partial charge < -0.3 is 4.74 Å². The number of allylic oxidation sites excluding steroid dienone is 1. The third-order valence-corrected chi connectivity index (χ3v) is 6.82. The lowest BCUT2D eigenvalue weighted by Gasteiger charge is -2.38. The molecule has 0 spiro atoms. The molecule has 2 aliphatic rings. The highest BCUT2D eigenvalue weighted by Crippen LogP contribution is 2.42. The predicted molar refractivity (Wildman–Crippen MR) is 112 cm³/mol. The van der Waals surface area contributed by atoms with Gasteiger partial charge in [0.25, 0.3) is 0 Å². The molecule has 0 unspecified atom stereocenters. The van der Waals surface area contributed by atoms with Crippen molar-refractivity contribution in [3.63, 3.8) is 0 Å². The number of nitrogens with zero attached hydrogens (tertiary/aromatic N) is 1. The van der Waals surface area contributed by atoms with E-state index in [0.29, 0.717) is 18.3 Å². The average Bonchev–Trinajstić information content (AvgIpc) is 2.72. The first-order chi connectivity index (χ1) is 13.7. The summed E-state index contributed by atoms with van der Waals surface area (Å²) in [4.78, 5) is 0. The topological polar surface area (TPSA) is 33.0 Å². The molecular formula is C25H34FNO. The Labute approximate surface area is 169 Å². The maximum absolute atomic E-state index is 13.6. The van der Waals surface area contributed by atoms with Crippen LogP contribution in [-0.4, -0.2) is 6.61 Å². The summed E-state index contributed by atoms with van der Waals surface area (Å²) in [5.41, 5.74) is 0.0543. The minimum absolute atomic E-state index is 0.0543. The van der Waals surface area contributed by atoms with Crippen LogP contribution in [0, 0.1) is 40.8 Å². The van der Waals surface area contributed by atoms with Crippen LogP contribution in [0.2, 0.25) is 0 Å². The molecule has 3 rings (SSSR count). The Balaban J connectivity index is 1.38. The lowest BCUT2D eigenvalue weighted by atomic mass is 9.68. The van der Waals surface area contributed by atoms with Gasteiger partial charge in [-0.3, -0.25) is 0 Å². The molecule has 0 bridgehead atoms. The zero-order valence-electron chi connectivity index (χ0n) is 17.2. The minimum Gasteiger partial charge on any atom is -0.489 e. The van der Waals surface area contributed by atoms with Crippen LogP contribution in [-0.2, 0) is 0 Å². The molecule has 2 saturated carbocycles.